The van der Waals surface area contributed by atoms with Gasteiger partial charge in [0.1, 0.15) is 0 Å². The first kappa shape index (κ1) is 45.8. The first-order chi connectivity index (χ1) is 34.3. The molecule has 5 unspecified atom stereocenters. The zero-order valence-electron chi connectivity index (χ0n) is 45.3. The van der Waals surface area contributed by atoms with E-state index >= 15 is 0 Å². The summed E-state index contributed by atoms with van der Waals surface area (Å²) in [5.74, 6) is 4.49. The summed E-state index contributed by atoms with van der Waals surface area (Å²) in [7, 11) is 0. The lowest BCUT2D eigenvalue weighted by atomic mass is 9.33. The second-order valence-corrected chi connectivity index (χ2v) is 29.0. The van der Waals surface area contributed by atoms with Crippen molar-refractivity contribution in [3.63, 3.8) is 0 Å². The van der Waals surface area contributed by atoms with E-state index in [0.29, 0.717) is 11.8 Å². The number of allylic oxidation sites excluding steroid dienone is 1. The Labute approximate surface area is 436 Å². The van der Waals surface area contributed by atoms with Crippen LogP contribution in [-0.2, 0) is 21.7 Å². The smallest absolute Gasteiger partial charge is 0.260 e. The maximum atomic E-state index is 3.02. The molecular formula is C68H77BN2S. The molecule has 72 heavy (non-hydrogen) atoms. The van der Waals surface area contributed by atoms with Crippen molar-refractivity contribution in [2.75, 3.05) is 9.80 Å². The Kier molecular flexibility index (Phi) is 9.79. The molecule has 8 aliphatic rings. The van der Waals surface area contributed by atoms with E-state index in [1.165, 1.54) is 152 Å². The van der Waals surface area contributed by atoms with Crippen molar-refractivity contribution in [1.82, 2.24) is 0 Å². The number of benzene rings is 5. The van der Waals surface area contributed by atoms with Crippen LogP contribution in [0.4, 0.5) is 22.7 Å². The highest BCUT2D eigenvalue weighted by Gasteiger charge is 2.72. The second kappa shape index (κ2) is 15.4. The van der Waals surface area contributed by atoms with Crippen molar-refractivity contribution in [1.29, 1.82) is 0 Å². The number of hydrogen-bond acceptors (Lipinski definition) is 3. The van der Waals surface area contributed by atoms with E-state index in [-0.39, 0.29) is 33.9 Å². The minimum absolute atomic E-state index is 0.00858. The molecule has 1 aromatic heterocycles. The van der Waals surface area contributed by atoms with Crippen LogP contribution in [0.1, 0.15) is 168 Å². The minimum atomic E-state index is -0.185. The van der Waals surface area contributed by atoms with Gasteiger partial charge in [-0.1, -0.05) is 181 Å². The molecule has 2 nitrogen and oxygen atoms in total. The Hall–Kier alpha value is -4.80. The minimum Gasteiger partial charge on any atom is -0.331 e. The van der Waals surface area contributed by atoms with Crippen molar-refractivity contribution < 1.29 is 0 Å². The lowest BCUT2D eigenvalue weighted by molar-refractivity contribution is 0.00370. The van der Waals surface area contributed by atoms with Crippen molar-refractivity contribution in [2.45, 2.75) is 168 Å². The molecule has 6 aliphatic carbocycles. The fourth-order valence-corrected chi connectivity index (χ4v) is 18.1. The molecule has 4 fully saturated rings. The zero-order chi connectivity index (χ0) is 49.6. The molecule has 4 saturated carbocycles. The van der Waals surface area contributed by atoms with Gasteiger partial charge in [0.2, 0.25) is 0 Å². The highest BCUT2D eigenvalue weighted by Crippen LogP contribution is 2.71. The van der Waals surface area contributed by atoms with Crippen molar-refractivity contribution >= 4 is 61.1 Å². The molecular weight excluding hydrogens is 888 g/mol. The van der Waals surface area contributed by atoms with Gasteiger partial charge < -0.3 is 9.80 Å². The molecule has 368 valence electrons. The summed E-state index contributed by atoms with van der Waals surface area (Å²) in [6.45, 7) is 26.5. The van der Waals surface area contributed by atoms with Crippen LogP contribution in [0.5, 0.6) is 0 Å². The molecule has 5 aromatic carbocycles. The monoisotopic (exact) mass is 965 g/mol. The van der Waals surface area contributed by atoms with Crippen molar-refractivity contribution in [3.8, 4) is 11.1 Å². The number of rotatable bonds is 3. The van der Waals surface area contributed by atoms with Gasteiger partial charge in [-0.05, 0) is 170 Å². The predicted octanol–water partition coefficient (Wildman–Crippen LogP) is 17.1. The van der Waals surface area contributed by atoms with Crippen molar-refractivity contribution in [2.24, 2.45) is 35.5 Å². The Morgan fingerprint density at radius 3 is 1.85 bits per heavy atom. The van der Waals surface area contributed by atoms with Crippen LogP contribution in [0.2, 0.25) is 0 Å². The van der Waals surface area contributed by atoms with Crippen LogP contribution < -0.4 is 20.0 Å². The highest BCUT2D eigenvalue weighted by atomic mass is 32.1. The number of thiophene rings is 1. The van der Waals surface area contributed by atoms with Gasteiger partial charge in [0.05, 0.1) is 11.2 Å². The summed E-state index contributed by atoms with van der Waals surface area (Å²) in [5, 5.41) is 1.45. The van der Waals surface area contributed by atoms with Crippen LogP contribution in [0.25, 0.3) is 21.2 Å². The lowest BCUT2D eigenvalue weighted by Crippen LogP contribution is -2.62. The Morgan fingerprint density at radius 1 is 0.611 bits per heavy atom. The highest BCUT2D eigenvalue weighted by molar-refractivity contribution is 7.32. The summed E-state index contributed by atoms with van der Waals surface area (Å²) in [5.41, 5.74) is 21.9. The Bertz CT molecular complexity index is 3270. The van der Waals surface area contributed by atoms with Crippen LogP contribution in [-0.4, -0.2) is 12.3 Å². The first-order valence-corrected chi connectivity index (χ1v) is 29.3. The number of fused-ring (bicyclic) bond motifs is 11. The number of anilines is 4. The average molecular weight is 965 g/mol. The van der Waals surface area contributed by atoms with E-state index in [4.69, 9.17) is 0 Å². The molecule has 6 aromatic rings. The number of nitrogens with zero attached hydrogens (tertiary/aromatic N) is 2. The first-order valence-electron chi connectivity index (χ1n) is 28.5. The fraction of sp³-hybridized carbons (Fsp3) is 0.471. The van der Waals surface area contributed by atoms with Crippen LogP contribution in [0.15, 0.2) is 126 Å². The normalized spacial score (nSPS) is 27.8. The third-order valence-corrected chi connectivity index (χ3v) is 21.7. The van der Waals surface area contributed by atoms with Gasteiger partial charge in [0.15, 0.2) is 0 Å². The van der Waals surface area contributed by atoms with E-state index in [1.54, 1.807) is 5.47 Å². The molecule has 0 bridgehead atoms. The van der Waals surface area contributed by atoms with Gasteiger partial charge in [-0.25, -0.2) is 0 Å². The van der Waals surface area contributed by atoms with Gasteiger partial charge in [0, 0.05) is 49.0 Å². The standard InChI is InChI=1S/C68H77BN2S/c1-64(2,3)42-24-29-45(30-25-42)70-57-33-28-44(66(7,8)9)35-56(57)69-62-58(70)37-51(60-47-20-14-12-18-40(47)34-41-19-13-15-21-48(41)60)55-39-68(55,62)71(46-31-26-43(27-32-46)65(4,5)6)61-52-36-50-49-22-16-17-23-53(49)67(10,11)54(50)38-59(52)72-63(61)69/h16-17,22-33,35-38,40-41,47-48,55,60H,12-15,18-21,34,39H2,1-11H3/t40?,41?,47?,48?,55?,60?,68-/m0/s1. The summed E-state index contributed by atoms with van der Waals surface area (Å²) >= 11 is 2.11. The molecule has 2 aliphatic heterocycles. The average Bonchev–Trinajstić information content (AvgIpc) is 3.93. The van der Waals surface area contributed by atoms with Gasteiger partial charge in [-0.15, -0.1) is 11.3 Å². The molecule has 0 radical (unpaired) electrons. The van der Waals surface area contributed by atoms with Gasteiger partial charge >= 0.3 is 0 Å². The molecule has 0 saturated heterocycles. The maximum absolute atomic E-state index is 3.02. The number of hydrogen-bond donors (Lipinski definition) is 0. The van der Waals surface area contributed by atoms with E-state index in [9.17, 15) is 0 Å². The van der Waals surface area contributed by atoms with E-state index < -0.39 is 0 Å². The second-order valence-electron chi connectivity index (χ2n) is 27.9. The fourth-order valence-electron chi connectivity index (χ4n) is 16.8. The molecule has 6 atom stereocenters. The van der Waals surface area contributed by atoms with E-state index in [1.807, 2.05) is 5.57 Å². The predicted molar refractivity (Wildman–Crippen MR) is 309 cm³/mol. The maximum Gasteiger partial charge on any atom is 0.260 e. The Balaban J connectivity index is 1.09. The lowest BCUT2D eigenvalue weighted by Gasteiger charge is -2.55. The van der Waals surface area contributed by atoms with Crippen LogP contribution >= 0.6 is 11.3 Å². The quantitative estimate of drug-likeness (QED) is 0.163. The summed E-state index contributed by atoms with van der Waals surface area (Å²) in [6, 6.07) is 42.2. The SMILES string of the molecule is CC(C)(C)c1ccc(N2C3=C4B(c5cc(C(C)(C)C)ccc52)c2sc5cc6c(cc5c2N(c2ccc(C(C)(C)C)cc2)[C@]42CC2C(C2C4CCCCC4CC4CCCCC42)=C3)-c2ccccc2C6(C)C)cc1. The summed E-state index contributed by atoms with van der Waals surface area (Å²) < 4.78 is 2.97. The van der Waals surface area contributed by atoms with E-state index in [2.05, 4.69) is 207 Å². The largest absolute Gasteiger partial charge is 0.331 e. The molecule has 3 heterocycles. The third-order valence-electron chi connectivity index (χ3n) is 20.5. The molecule has 14 rings (SSSR count). The topological polar surface area (TPSA) is 6.48 Å². The summed E-state index contributed by atoms with van der Waals surface area (Å²) in [6.07, 6.45) is 17.0. The van der Waals surface area contributed by atoms with E-state index in [0.717, 1.165) is 23.7 Å². The van der Waals surface area contributed by atoms with Gasteiger partial charge in [0.25, 0.3) is 6.71 Å². The molecule has 0 N–H and O–H groups in total. The van der Waals surface area contributed by atoms with Crippen LogP contribution in [0.3, 0.4) is 0 Å². The van der Waals surface area contributed by atoms with Gasteiger partial charge in [-0.2, -0.15) is 0 Å². The van der Waals surface area contributed by atoms with Gasteiger partial charge in [-0.3, -0.25) is 0 Å². The summed E-state index contributed by atoms with van der Waals surface area (Å²) in [4.78, 5) is 5.82. The third kappa shape index (κ3) is 6.45. The Morgan fingerprint density at radius 2 is 1.21 bits per heavy atom. The van der Waals surface area contributed by atoms with Crippen molar-refractivity contribution in [3.05, 3.63) is 154 Å². The molecule has 1 spiro atoms. The molecule has 4 heteroatoms. The zero-order valence-corrected chi connectivity index (χ0v) is 46.1. The molecule has 0 amide bonds. The van der Waals surface area contributed by atoms with Crippen LogP contribution in [0, 0.1) is 35.5 Å².